The van der Waals surface area contributed by atoms with Crippen molar-refractivity contribution in [2.24, 2.45) is 0 Å². The number of rotatable bonds is 4. The van der Waals surface area contributed by atoms with E-state index in [1.807, 2.05) is 0 Å². The maximum atomic E-state index is 12.4. The molecule has 6 nitrogen and oxygen atoms in total. The van der Waals surface area contributed by atoms with Crippen LogP contribution in [0, 0.1) is 0 Å². The lowest BCUT2D eigenvalue weighted by Gasteiger charge is -2.14. The smallest absolute Gasteiger partial charge is 0.252 e. The van der Waals surface area contributed by atoms with Crippen molar-refractivity contribution in [3.05, 3.63) is 46.7 Å². The molecular formula is C17H17ClN4O2. The number of hydrogen-bond acceptors (Lipinski definition) is 4. The van der Waals surface area contributed by atoms with Crippen LogP contribution in [-0.2, 0) is 19.4 Å². The molecule has 0 fully saturated rings. The van der Waals surface area contributed by atoms with E-state index in [-0.39, 0.29) is 5.91 Å². The number of carbonyl (C=O) groups excluding carboxylic acids is 1. The number of aryl methyl sites for hydroxylation is 1. The van der Waals surface area contributed by atoms with Crippen molar-refractivity contribution in [1.82, 2.24) is 20.1 Å². The number of hydrogen-bond donors (Lipinski definition) is 1. The number of benzene rings is 1. The maximum Gasteiger partial charge on any atom is 0.252 e. The molecular weight excluding hydrogens is 328 g/mol. The quantitative estimate of drug-likeness (QED) is 0.789. The average molecular weight is 345 g/mol. The molecule has 0 saturated carbocycles. The zero-order valence-electron chi connectivity index (χ0n) is 13.1. The lowest BCUT2D eigenvalue weighted by molar-refractivity contribution is 0.0955. The van der Waals surface area contributed by atoms with E-state index in [0.29, 0.717) is 29.1 Å². The second-order valence-electron chi connectivity index (χ2n) is 5.91. The minimum Gasteiger partial charge on any atom is -0.463 e. The predicted octanol–water partition coefficient (Wildman–Crippen LogP) is 2.99. The van der Waals surface area contributed by atoms with Gasteiger partial charge in [0.2, 0.25) is 0 Å². The lowest BCUT2D eigenvalue weighted by atomic mass is 10.1. The highest BCUT2D eigenvalue weighted by atomic mass is 35.5. The van der Waals surface area contributed by atoms with Crippen LogP contribution in [0.4, 0.5) is 0 Å². The van der Waals surface area contributed by atoms with Crippen LogP contribution in [0.25, 0.3) is 11.0 Å². The summed E-state index contributed by atoms with van der Waals surface area (Å²) in [4.78, 5) is 12.4. The Kier molecular flexibility index (Phi) is 3.98. The molecule has 3 heterocycles. The summed E-state index contributed by atoms with van der Waals surface area (Å²) in [5, 5.41) is 12.6. The Hall–Kier alpha value is -2.34. The van der Waals surface area contributed by atoms with Crippen molar-refractivity contribution in [3.63, 3.8) is 0 Å². The molecule has 2 aromatic heterocycles. The summed E-state index contributed by atoms with van der Waals surface area (Å²) in [7, 11) is 0. The Morgan fingerprint density at radius 1 is 1.29 bits per heavy atom. The van der Waals surface area contributed by atoms with Gasteiger partial charge in [-0.25, -0.2) is 0 Å². The standard InChI is InChI=1S/C17H17ClN4O2/c18-13-5-4-12(11-7-10-24-16(11)13)17(23)19-8-6-15-21-20-14-3-1-2-9-22(14)15/h4-5,7,10H,1-3,6,8-9H2,(H,19,23). The highest BCUT2D eigenvalue weighted by Crippen LogP contribution is 2.27. The molecule has 0 unspecified atom stereocenters. The summed E-state index contributed by atoms with van der Waals surface area (Å²) in [6.45, 7) is 1.48. The van der Waals surface area contributed by atoms with Gasteiger partial charge in [0.05, 0.1) is 16.8 Å². The molecule has 3 aromatic rings. The Morgan fingerprint density at radius 3 is 3.12 bits per heavy atom. The minimum atomic E-state index is -0.142. The molecule has 1 aliphatic heterocycles. The number of carbonyl (C=O) groups is 1. The van der Waals surface area contributed by atoms with E-state index in [2.05, 4.69) is 20.1 Å². The van der Waals surface area contributed by atoms with Gasteiger partial charge >= 0.3 is 0 Å². The Morgan fingerprint density at radius 2 is 2.21 bits per heavy atom. The van der Waals surface area contributed by atoms with Crippen LogP contribution in [0.2, 0.25) is 5.02 Å². The summed E-state index contributed by atoms with van der Waals surface area (Å²) < 4.78 is 7.50. The number of amides is 1. The van der Waals surface area contributed by atoms with E-state index < -0.39 is 0 Å². The first-order chi connectivity index (χ1) is 11.7. The number of nitrogens with one attached hydrogen (secondary N) is 1. The average Bonchev–Trinajstić information content (AvgIpc) is 3.23. The van der Waals surface area contributed by atoms with Crippen molar-refractivity contribution in [2.75, 3.05) is 6.54 Å². The van der Waals surface area contributed by atoms with Crippen LogP contribution in [0.1, 0.15) is 34.8 Å². The van der Waals surface area contributed by atoms with Crippen molar-refractivity contribution in [2.45, 2.75) is 32.2 Å². The van der Waals surface area contributed by atoms with Crippen LogP contribution in [0.3, 0.4) is 0 Å². The summed E-state index contributed by atoms with van der Waals surface area (Å²) in [6.07, 6.45) is 5.53. The number of furan rings is 1. The molecule has 1 aromatic carbocycles. The largest absolute Gasteiger partial charge is 0.463 e. The number of halogens is 1. The van der Waals surface area contributed by atoms with Gasteiger partial charge in [0, 0.05) is 31.3 Å². The number of nitrogens with zero attached hydrogens (tertiary/aromatic N) is 3. The van der Waals surface area contributed by atoms with Gasteiger partial charge in [-0.15, -0.1) is 10.2 Å². The van der Waals surface area contributed by atoms with Gasteiger partial charge in [-0.05, 0) is 31.0 Å². The molecule has 24 heavy (non-hydrogen) atoms. The molecule has 1 N–H and O–H groups in total. The normalized spacial score (nSPS) is 13.9. The topological polar surface area (TPSA) is 73.0 Å². The van der Waals surface area contributed by atoms with Crippen LogP contribution in [0.5, 0.6) is 0 Å². The van der Waals surface area contributed by atoms with E-state index in [0.717, 1.165) is 36.4 Å². The van der Waals surface area contributed by atoms with E-state index in [4.69, 9.17) is 16.0 Å². The third-order valence-corrected chi connectivity index (χ3v) is 4.68. The second-order valence-corrected chi connectivity index (χ2v) is 6.31. The van der Waals surface area contributed by atoms with Gasteiger partial charge in [-0.1, -0.05) is 11.6 Å². The van der Waals surface area contributed by atoms with Crippen LogP contribution in [-0.4, -0.2) is 27.2 Å². The second kappa shape index (κ2) is 6.28. The highest BCUT2D eigenvalue weighted by Gasteiger charge is 2.17. The minimum absolute atomic E-state index is 0.142. The third-order valence-electron chi connectivity index (χ3n) is 4.38. The third kappa shape index (κ3) is 2.67. The Bertz CT molecular complexity index is 899. The Balaban J connectivity index is 1.44. The van der Waals surface area contributed by atoms with Crippen molar-refractivity contribution in [1.29, 1.82) is 0 Å². The van der Waals surface area contributed by atoms with Gasteiger partial charge in [-0.2, -0.15) is 0 Å². The zero-order chi connectivity index (χ0) is 16.5. The van der Waals surface area contributed by atoms with Crippen LogP contribution in [0.15, 0.2) is 28.9 Å². The van der Waals surface area contributed by atoms with Gasteiger partial charge in [-0.3, -0.25) is 4.79 Å². The first-order valence-corrected chi connectivity index (χ1v) is 8.46. The fourth-order valence-electron chi connectivity index (χ4n) is 3.16. The molecule has 1 amide bonds. The van der Waals surface area contributed by atoms with Crippen LogP contribution >= 0.6 is 11.6 Å². The van der Waals surface area contributed by atoms with E-state index in [1.54, 1.807) is 18.2 Å². The van der Waals surface area contributed by atoms with Gasteiger partial charge < -0.3 is 14.3 Å². The molecule has 4 rings (SSSR count). The zero-order valence-corrected chi connectivity index (χ0v) is 13.8. The van der Waals surface area contributed by atoms with Crippen LogP contribution < -0.4 is 5.32 Å². The molecule has 0 atom stereocenters. The number of aromatic nitrogens is 3. The maximum absolute atomic E-state index is 12.4. The van der Waals surface area contributed by atoms with E-state index >= 15 is 0 Å². The van der Waals surface area contributed by atoms with E-state index in [1.165, 1.54) is 12.7 Å². The van der Waals surface area contributed by atoms with E-state index in [9.17, 15) is 4.79 Å². The van der Waals surface area contributed by atoms with Gasteiger partial charge in [0.25, 0.3) is 5.91 Å². The monoisotopic (exact) mass is 344 g/mol. The fourth-order valence-corrected chi connectivity index (χ4v) is 3.37. The SMILES string of the molecule is O=C(NCCc1nnc2n1CCCC2)c1ccc(Cl)c2occc12. The summed E-state index contributed by atoms with van der Waals surface area (Å²) in [5.74, 6) is 1.85. The highest BCUT2D eigenvalue weighted by molar-refractivity contribution is 6.35. The van der Waals surface area contributed by atoms with Crippen molar-refractivity contribution < 1.29 is 9.21 Å². The molecule has 7 heteroatoms. The van der Waals surface area contributed by atoms with Gasteiger partial charge in [0.1, 0.15) is 11.6 Å². The first kappa shape index (κ1) is 15.2. The molecule has 0 spiro atoms. The molecule has 0 bridgehead atoms. The first-order valence-electron chi connectivity index (χ1n) is 8.09. The molecule has 0 radical (unpaired) electrons. The van der Waals surface area contributed by atoms with Crippen molar-refractivity contribution in [3.8, 4) is 0 Å². The molecule has 0 saturated heterocycles. The predicted molar refractivity (Wildman–Crippen MR) is 90.2 cm³/mol. The summed E-state index contributed by atoms with van der Waals surface area (Å²) in [5.41, 5.74) is 1.10. The van der Waals surface area contributed by atoms with Gasteiger partial charge in [0.15, 0.2) is 5.58 Å². The summed E-state index contributed by atoms with van der Waals surface area (Å²) >= 11 is 6.07. The summed E-state index contributed by atoms with van der Waals surface area (Å²) in [6, 6.07) is 5.15. The molecule has 124 valence electrons. The van der Waals surface area contributed by atoms with Crippen molar-refractivity contribution >= 4 is 28.5 Å². The lowest BCUT2D eigenvalue weighted by Crippen LogP contribution is -2.27. The Labute approximate surface area is 143 Å². The molecule has 1 aliphatic rings. The number of fused-ring (bicyclic) bond motifs is 2. The molecule has 0 aliphatic carbocycles. The fraction of sp³-hybridized carbons (Fsp3) is 0.353.